The molecule has 0 bridgehead atoms. The van der Waals surface area contributed by atoms with E-state index in [-0.39, 0.29) is 0 Å². The first-order chi connectivity index (χ1) is 5.45. The number of hydrogen-bond donors (Lipinski definition) is 0. The standard InChI is InChI=1S/C10H19NO/c1-8-5-9(10(2,3)4)6-11(8)7-12/h7-9H,5-6H2,1-4H3. The summed E-state index contributed by atoms with van der Waals surface area (Å²) in [6.07, 6.45) is 2.14. The van der Waals surface area contributed by atoms with Gasteiger partial charge in [-0.25, -0.2) is 0 Å². The number of rotatable bonds is 1. The van der Waals surface area contributed by atoms with Crippen LogP contribution in [0.15, 0.2) is 0 Å². The Bertz CT molecular complexity index is 171. The predicted octanol–water partition coefficient (Wildman–Crippen LogP) is 1.90. The van der Waals surface area contributed by atoms with E-state index in [2.05, 4.69) is 27.7 Å². The monoisotopic (exact) mass is 169 g/mol. The molecule has 0 radical (unpaired) electrons. The molecule has 2 heteroatoms. The van der Waals surface area contributed by atoms with Crippen molar-refractivity contribution in [2.75, 3.05) is 6.54 Å². The van der Waals surface area contributed by atoms with Crippen LogP contribution in [-0.2, 0) is 4.79 Å². The Hall–Kier alpha value is -0.530. The van der Waals surface area contributed by atoms with Gasteiger partial charge in [-0.15, -0.1) is 0 Å². The maximum Gasteiger partial charge on any atom is 0.209 e. The number of amides is 1. The largest absolute Gasteiger partial charge is 0.342 e. The van der Waals surface area contributed by atoms with Gasteiger partial charge in [0.2, 0.25) is 6.41 Å². The Kier molecular flexibility index (Phi) is 2.45. The Balaban J connectivity index is 2.60. The molecule has 1 heterocycles. The van der Waals surface area contributed by atoms with Crippen molar-refractivity contribution in [3.63, 3.8) is 0 Å². The lowest BCUT2D eigenvalue weighted by Gasteiger charge is -2.26. The normalized spacial score (nSPS) is 30.8. The maximum atomic E-state index is 10.6. The van der Waals surface area contributed by atoms with Crippen LogP contribution in [0.3, 0.4) is 0 Å². The summed E-state index contributed by atoms with van der Waals surface area (Å²) >= 11 is 0. The van der Waals surface area contributed by atoms with Crippen LogP contribution in [0.2, 0.25) is 0 Å². The summed E-state index contributed by atoms with van der Waals surface area (Å²) in [5, 5.41) is 0. The minimum atomic E-state index is 0.339. The quantitative estimate of drug-likeness (QED) is 0.549. The van der Waals surface area contributed by atoms with Gasteiger partial charge in [-0.3, -0.25) is 4.79 Å². The van der Waals surface area contributed by atoms with Crippen LogP contribution < -0.4 is 0 Å². The summed E-state index contributed by atoms with van der Waals surface area (Å²) in [5.74, 6) is 0.665. The van der Waals surface area contributed by atoms with Crippen molar-refractivity contribution in [1.82, 2.24) is 4.90 Å². The van der Waals surface area contributed by atoms with Crippen molar-refractivity contribution in [2.45, 2.75) is 40.2 Å². The van der Waals surface area contributed by atoms with E-state index in [1.165, 1.54) is 0 Å². The molecule has 2 unspecified atom stereocenters. The van der Waals surface area contributed by atoms with Gasteiger partial charge in [0.25, 0.3) is 0 Å². The Morgan fingerprint density at radius 2 is 2.00 bits per heavy atom. The Morgan fingerprint density at radius 3 is 2.25 bits per heavy atom. The molecule has 1 aliphatic rings. The highest BCUT2D eigenvalue weighted by atomic mass is 16.1. The van der Waals surface area contributed by atoms with Gasteiger partial charge in [0.1, 0.15) is 0 Å². The van der Waals surface area contributed by atoms with Crippen LogP contribution in [0.25, 0.3) is 0 Å². The van der Waals surface area contributed by atoms with Gasteiger partial charge in [0.15, 0.2) is 0 Å². The fourth-order valence-electron chi connectivity index (χ4n) is 1.83. The zero-order valence-electron chi connectivity index (χ0n) is 8.50. The zero-order chi connectivity index (χ0) is 9.35. The number of likely N-dealkylation sites (tertiary alicyclic amines) is 1. The molecule has 0 aromatic rings. The average Bonchev–Trinajstić information content (AvgIpc) is 2.29. The molecular formula is C10H19NO. The summed E-state index contributed by atoms with van der Waals surface area (Å²) < 4.78 is 0. The fourth-order valence-corrected chi connectivity index (χ4v) is 1.83. The summed E-state index contributed by atoms with van der Waals surface area (Å²) in [6, 6.07) is 0.437. The van der Waals surface area contributed by atoms with E-state index < -0.39 is 0 Å². The minimum Gasteiger partial charge on any atom is -0.342 e. The first-order valence-electron chi connectivity index (χ1n) is 4.66. The highest BCUT2D eigenvalue weighted by Gasteiger charge is 2.35. The molecule has 70 valence electrons. The summed E-state index contributed by atoms with van der Waals surface area (Å²) in [7, 11) is 0. The third-order valence-electron chi connectivity index (χ3n) is 2.98. The molecule has 2 atom stereocenters. The molecule has 1 amide bonds. The van der Waals surface area contributed by atoms with Crippen LogP contribution in [0, 0.1) is 11.3 Å². The van der Waals surface area contributed by atoms with Crippen molar-refractivity contribution >= 4 is 6.41 Å². The SMILES string of the molecule is CC1CC(C(C)(C)C)CN1C=O. The lowest BCUT2D eigenvalue weighted by Crippen LogP contribution is -2.27. The lowest BCUT2D eigenvalue weighted by atomic mass is 9.79. The van der Waals surface area contributed by atoms with Crippen molar-refractivity contribution in [3.05, 3.63) is 0 Å². The third kappa shape index (κ3) is 1.79. The summed E-state index contributed by atoms with van der Waals surface area (Å²) in [6.45, 7) is 9.81. The fraction of sp³-hybridized carbons (Fsp3) is 0.900. The second-order valence-electron chi connectivity index (χ2n) is 4.95. The van der Waals surface area contributed by atoms with E-state index in [1.54, 1.807) is 0 Å². The molecule has 0 N–H and O–H groups in total. The molecule has 1 fully saturated rings. The Morgan fingerprint density at radius 1 is 1.42 bits per heavy atom. The van der Waals surface area contributed by atoms with Crippen LogP contribution in [-0.4, -0.2) is 23.9 Å². The highest BCUT2D eigenvalue weighted by Crippen LogP contribution is 2.35. The van der Waals surface area contributed by atoms with Crippen LogP contribution in [0.4, 0.5) is 0 Å². The first kappa shape index (κ1) is 9.56. The lowest BCUT2D eigenvalue weighted by molar-refractivity contribution is -0.118. The Labute approximate surface area is 74.9 Å². The topological polar surface area (TPSA) is 20.3 Å². The average molecular weight is 169 g/mol. The van der Waals surface area contributed by atoms with E-state index in [9.17, 15) is 4.79 Å². The summed E-state index contributed by atoms with van der Waals surface area (Å²) in [4.78, 5) is 12.5. The molecule has 1 saturated heterocycles. The van der Waals surface area contributed by atoms with Crippen LogP contribution >= 0.6 is 0 Å². The second-order valence-corrected chi connectivity index (χ2v) is 4.95. The maximum absolute atomic E-state index is 10.6. The molecule has 0 spiro atoms. The van der Waals surface area contributed by atoms with Crippen LogP contribution in [0.1, 0.15) is 34.1 Å². The van der Waals surface area contributed by atoms with E-state index in [0.29, 0.717) is 17.4 Å². The number of hydrogen-bond acceptors (Lipinski definition) is 1. The molecular weight excluding hydrogens is 150 g/mol. The number of carbonyl (C=O) groups excluding carboxylic acids is 1. The van der Waals surface area contributed by atoms with Gasteiger partial charge < -0.3 is 4.90 Å². The number of carbonyl (C=O) groups is 1. The van der Waals surface area contributed by atoms with Crippen molar-refractivity contribution < 1.29 is 4.79 Å². The van der Waals surface area contributed by atoms with Gasteiger partial charge in [-0.1, -0.05) is 20.8 Å². The molecule has 0 aromatic carbocycles. The van der Waals surface area contributed by atoms with Gasteiger partial charge in [-0.2, -0.15) is 0 Å². The van der Waals surface area contributed by atoms with Gasteiger partial charge in [0.05, 0.1) is 0 Å². The van der Waals surface area contributed by atoms with Gasteiger partial charge in [-0.05, 0) is 24.7 Å². The third-order valence-corrected chi connectivity index (χ3v) is 2.98. The second kappa shape index (κ2) is 3.08. The summed E-state index contributed by atoms with van der Waals surface area (Å²) in [5.41, 5.74) is 0.339. The minimum absolute atomic E-state index is 0.339. The number of nitrogens with zero attached hydrogens (tertiary/aromatic N) is 1. The van der Waals surface area contributed by atoms with Crippen LogP contribution in [0.5, 0.6) is 0 Å². The van der Waals surface area contributed by atoms with Gasteiger partial charge >= 0.3 is 0 Å². The first-order valence-corrected chi connectivity index (χ1v) is 4.66. The highest BCUT2D eigenvalue weighted by molar-refractivity contribution is 5.48. The molecule has 0 aliphatic carbocycles. The van der Waals surface area contributed by atoms with Crippen molar-refractivity contribution in [3.8, 4) is 0 Å². The molecule has 12 heavy (non-hydrogen) atoms. The molecule has 2 nitrogen and oxygen atoms in total. The predicted molar refractivity (Wildman–Crippen MR) is 49.8 cm³/mol. The van der Waals surface area contributed by atoms with E-state index in [4.69, 9.17) is 0 Å². The smallest absolute Gasteiger partial charge is 0.209 e. The van der Waals surface area contributed by atoms with E-state index in [0.717, 1.165) is 19.4 Å². The molecule has 1 aliphatic heterocycles. The van der Waals surface area contributed by atoms with Gasteiger partial charge in [0, 0.05) is 12.6 Å². The van der Waals surface area contributed by atoms with Crippen molar-refractivity contribution in [2.24, 2.45) is 11.3 Å². The molecule has 0 aromatic heterocycles. The van der Waals surface area contributed by atoms with E-state index >= 15 is 0 Å². The molecule has 1 rings (SSSR count). The van der Waals surface area contributed by atoms with E-state index in [1.807, 2.05) is 4.90 Å². The molecule has 0 saturated carbocycles. The van der Waals surface area contributed by atoms with Crippen molar-refractivity contribution in [1.29, 1.82) is 0 Å². The zero-order valence-corrected chi connectivity index (χ0v) is 8.50.